The normalized spacial score (nSPS) is 22.2. The Morgan fingerprint density at radius 2 is 2.38 bits per heavy atom. The summed E-state index contributed by atoms with van der Waals surface area (Å²) in [5.41, 5.74) is 0. The van der Waals surface area contributed by atoms with Crippen molar-refractivity contribution in [2.45, 2.75) is 11.8 Å². The Kier molecular flexibility index (Phi) is 3.22. The maximum atomic E-state index is 11.0. The molecule has 16 heavy (non-hydrogen) atoms. The summed E-state index contributed by atoms with van der Waals surface area (Å²) in [6.07, 6.45) is 1.13. The van der Waals surface area contributed by atoms with Crippen molar-refractivity contribution < 1.29 is 17.7 Å². The molecule has 1 atom stereocenters. The number of hydrogen-bond donors (Lipinski definition) is 1. The van der Waals surface area contributed by atoms with Gasteiger partial charge in [-0.2, -0.15) is 4.98 Å². The van der Waals surface area contributed by atoms with Gasteiger partial charge in [-0.05, 0) is 0 Å². The quantitative estimate of drug-likeness (QED) is 0.752. The first kappa shape index (κ1) is 11.5. The number of nitrogens with one attached hydrogen (secondary N) is 1. The van der Waals surface area contributed by atoms with Crippen molar-refractivity contribution >= 4 is 9.84 Å². The highest BCUT2D eigenvalue weighted by atomic mass is 32.2. The van der Waals surface area contributed by atoms with E-state index in [0.29, 0.717) is 25.6 Å². The van der Waals surface area contributed by atoms with Crippen molar-refractivity contribution in [3.05, 3.63) is 11.7 Å². The van der Waals surface area contributed by atoms with Gasteiger partial charge >= 0.3 is 0 Å². The fourth-order valence-corrected chi connectivity index (χ4v) is 2.01. The molecule has 0 aromatic carbocycles. The maximum absolute atomic E-state index is 11.0. The minimum absolute atomic E-state index is 0.144. The first-order valence-electron chi connectivity index (χ1n) is 4.86. The summed E-state index contributed by atoms with van der Waals surface area (Å²) in [6.45, 7) is 1.83. The van der Waals surface area contributed by atoms with E-state index in [-0.39, 0.29) is 17.6 Å². The molecule has 0 amide bonds. The zero-order valence-corrected chi connectivity index (χ0v) is 9.66. The maximum Gasteiger partial charge on any atom is 0.246 e. The van der Waals surface area contributed by atoms with Crippen molar-refractivity contribution in [3.8, 4) is 0 Å². The first-order chi connectivity index (χ1) is 7.54. The van der Waals surface area contributed by atoms with Gasteiger partial charge in [-0.15, -0.1) is 0 Å². The Balaban J connectivity index is 2.06. The van der Waals surface area contributed by atoms with Crippen molar-refractivity contribution in [1.82, 2.24) is 15.5 Å². The molecule has 1 unspecified atom stereocenters. The Hall–Kier alpha value is -0.990. The van der Waals surface area contributed by atoms with E-state index in [1.165, 1.54) is 0 Å². The van der Waals surface area contributed by atoms with Crippen molar-refractivity contribution in [1.29, 1.82) is 0 Å². The Morgan fingerprint density at radius 3 is 3.00 bits per heavy atom. The van der Waals surface area contributed by atoms with Crippen LogP contribution in [0.1, 0.15) is 17.8 Å². The number of ether oxygens (including phenoxy) is 1. The molecular formula is C8H13N3O4S. The lowest BCUT2D eigenvalue weighted by Gasteiger charge is -2.20. The number of rotatable bonds is 3. The summed E-state index contributed by atoms with van der Waals surface area (Å²) in [6, 6.07) is -0.144. The highest BCUT2D eigenvalue weighted by molar-refractivity contribution is 7.89. The zero-order valence-electron chi connectivity index (χ0n) is 8.84. The van der Waals surface area contributed by atoms with Crippen LogP contribution in [0.5, 0.6) is 0 Å². The minimum atomic E-state index is -3.13. The van der Waals surface area contributed by atoms with Crippen LogP contribution >= 0.6 is 0 Å². The van der Waals surface area contributed by atoms with Crippen LogP contribution < -0.4 is 5.32 Å². The fourth-order valence-electron chi connectivity index (χ4n) is 1.43. The topological polar surface area (TPSA) is 94.3 Å². The lowest BCUT2D eigenvalue weighted by molar-refractivity contribution is 0.0659. The van der Waals surface area contributed by atoms with Crippen LogP contribution in [0.4, 0.5) is 0 Å². The van der Waals surface area contributed by atoms with Gasteiger partial charge in [0.15, 0.2) is 15.7 Å². The van der Waals surface area contributed by atoms with Crippen LogP contribution in [0, 0.1) is 0 Å². The molecule has 0 saturated carbocycles. The van der Waals surface area contributed by atoms with E-state index in [2.05, 4.69) is 15.5 Å². The van der Waals surface area contributed by atoms with Gasteiger partial charge in [-0.1, -0.05) is 5.16 Å². The highest BCUT2D eigenvalue weighted by Crippen LogP contribution is 2.14. The monoisotopic (exact) mass is 247 g/mol. The molecule has 2 heterocycles. The van der Waals surface area contributed by atoms with Gasteiger partial charge in [-0.25, -0.2) is 8.42 Å². The number of sulfone groups is 1. The molecule has 1 aromatic rings. The third kappa shape index (κ3) is 3.00. The smallest absolute Gasteiger partial charge is 0.246 e. The standard InChI is InChI=1S/C8H13N3O4S/c1-16(12,13)5-7-10-8(15-11-7)6-4-14-3-2-9-6/h6,9H,2-5H2,1H3. The van der Waals surface area contributed by atoms with E-state index in [1.54, 1.807) is 0 Å². The van der Waals surface area contributed by atoms with Crippen molar-refractivity contribution in [3.63, 3.8) is 0 Å². The summed E-state index contributed by atoms with van der Waals surface area (Å²) in [7, 11) is -3.13. The minimum Gasteiger partial charge on any atom is -0.378 e. The molecule has 0 aliphatic carbocycles. The van der Waals surface area contributed by atoms with Gasteiger partial charge < -0.3 is 14.6 Å². The molecule has 0 radical (unpaired) electrons. The van der Waals surface area contributed by atoms with Crippen LogP contribution in [-0.2, 0) is 20.3 Å². The molecule has 1 saturated heterocycles. The van der Waals surface area contributed by atoms with Crippen LogP contribution in [0.15, 0.2) is 4.52 Å². The second-order valence-corrected chi connectivity index (χ2v) is 5.84. The SMILES string of the molecule is CS(=O)(=O)Cc1noc(C2COCCN2)n1. The summed E-state index contributed by atoms with van der Waals surface area (Å²) >= 11 is 0. The Morgan fingerprint density at radius 1 is 1.56 bits per heavy atom. The molecule has 1 fully saturated rings. The summed E-state index contributed by atoms with van der Waals surface area (Å²) in [4.78, 5) is 4.02. The lowest BCUT2D eigenvalue weighted by Crippen LogP contribution is -2.34. The second-order valence-electron chi connectivity index (χ2n) is 3.70. The molecule has 0 spiro atoms. The number of nitrogens with zero attached hydrogens (tertiary/aromatic N) is 2. The van der Waals surface area contributed by atoms with E-state index in [4.69, 9.17) is 9.26 Å². The van der Waals surface area contributed by atoms with Crippen LogP contribution in [0.2, 0.25) is 0 Å². The van der Waals surface area contributed by atoms with Gasteiger partial charge in [0.25, 0.3) is 0 Å². The van der Waals surface area contributed by atoms with Crippen LogP contribution in [0.25, 0.3) is 0 Å². The van der Waals surface area contributed by atoms with Crippen LogP contribution in [-0.4, -0.2) is 44.6 Å². The van der Waals surface area contributed by atoms with E-state index in [0.717, 1.165) is 6.26 Å². The average Bonchev–Trinajstić information content (AvgIpc) is 2.65. The molecular weight excluding hydrogens is 234 g/mol. The lowest BCUT2D eigenvalue weighted by atomic mass is 10.3. The van der Waals surface area contributed by atoms with Gasteiger partial charge in [0.05, 0.1) is 13.2 Å². The first-order valence-corrected chi connectivity index (χ1v) is 6.92. The van der Waals surface area contributed by atoms with Crippen LogP contribution in [0.3, 0.4) is 0 Å². The average molecular weight is 247 g/mol. The molecule has 1 aromatic heterocycles. The molecule has 1 N–H and O–H groups in total. The third-order valence-corrected chi connectivity index (χ3v) is 2.88. The summed E-state index contributed by atoms with van der Waals surface area (Å²) in [5, 5.41) is 6.76. The third-order valence-electron chi connectivity index (χ3n) is 2.09. The molecule has 0 bridgehead atoms. The fraction of sp³-hybridized carbons (Fsp3) is 0.750. The molecule has 90 valence electrons. The Labute approximate surface area is 93.1 Å². The zero-order chi connectivity index (χ0) is 11.6. The molecule has 8 heteroatoms. The summed E-state index contributed by atoms with van der Waals surface area (Å²) in [5.74, 6) is 0.354. The molecule has 1 aliphatic heterocycles. The van der Waals surface area contributed by atoms with Gasteiger partial charge in [0.1, 0.15) is 11.8 Å². The van der Waals surface area contributed by atoms with E-state index in [1.807, 2.05) is 0 Å². The molecule has 2 rings (SSSR count). The number of aromatic nitrogens is 2. The number of morpholine rings is 1. The predicted octanol–water partition coefficient (Wildman–Crippen LogP) is -0.725. The van der Waals surface area contributed by atoms with E-state index < -0.39 is 9.84 Å². The van der Waals surface area contributed by atoms with Crippen molar-refractivity contribution in [2.75, 3.05) is 26.0 Å². The molecule has 1 aliphatic rings. The molecule has 7 nitrogen and oxygen atoms in total. The second kappa shape index (κ2) is 4.48. The summed E-state index contributed by atoms with van der Waals surface area (Å²) < 4.78 is 32.3. The van der Waals surface area contributed by atoms with Gasteiger partial charge in [-0.3, -0.25) is 0 Å². The van der Waals surface area contributed by atoms with E-state index in [9.17, 15) is 8.42 Å². The van der Waals surface area contributed by atoms with Gasteiger partial charge in [0, 0.05) is 12.8 Å². The van der Waals surface area contributed by atoms with Gasteiger partial charge in [0.2, 0.25) is 5.89 Å². The Bertz CT molecular complexity index is 450. The van der Waals surface area contributed by atoms with Crippen molar-refractivity contribution in [2.24, 2.45) is 0 Å². The highest BCUT2D eigenvalue weighted by Gasteiger charge is 2.22. The predicted molar refractivity (Wildman–Crippen MR) is 54.4 cm³/mol. The van der Waals surface area contributed by atoms with E-state index >= 15 is 0 Å². The largest absolute Gasteiger partial charge is 0.378 e. The number of hydrogen-bond acceptors (Lipinski definition) is 7.